The molecule has 0 aromatic carbocycles. The van der Waals surface area contributed by atoms with Crippen LogP contribution in [-0.4, -0.2) is 72.1 Å². The van der Waals surface area contributed by atoms with Gasteiger partial charge in [0.25, 0.3) is 0 Å². The summed E-state index contributed by atoms with van der Waals surface area (Å²) in [6.07, 6.45) is 0.734. The third-order valence-electron chi connectivity index (χ3n) is 5.03. The Morgan fingerprint density at radius 3 is 2.91 bits per heavy atom. The maximum absolute atomic E-state index is 11.0. The first kappa shape index (κ1) is 23.4. The van der Waals surface area contributed by atoms with Crippen LogP contribution in [0.4, 0.5) is 5.13 Å². The van der Waals surface area contributed by atoms with Gasteiger partial charge in [0, 0.05) is 23.1 Å². The number of hydrogen-bond acceptors (Lipinski definition) is 11. The van der Waals surface area contributed by atoms with E-state index >= 15 is 0 Å². The van der Waals surface area contributed by atoms with Crippen LogP contribution in [0.3, 0.4) is 0 Å². The smallest absolute Gasteiger partial charge is 0.180 e. The predicted octanol–water partition coefficient (Wildman–Crippen LogP) is 2.16. The Morgan fingerprint density at radius 2 is 2.22 bits per heavy atom. The molecule has 1 aliphatic rings. The summed E-state index contributed by atoms with van der Waals surface area (Å²) in [5, 5.41) is 32.0. The van der Waals surface area contributed by atoms with Gasteiger partial charge in [-0.1, -0.05) is 28.6 Å². The van der Waals surface area contributed by atoms with E-state index in [9.17, 15) is 10.2 Å². The van der Waals surface area contributed by atoms with Gasteiger partial charge in [0.2, 0.25) is 0 Å². The first-order valence-electron chi connectivity index (χ1n) is 9.89. The molecule has 3 aromatic rings. The Kier molecular flexibility index (Phi) is 7.30. The Hall–Kier alpha value is -1.80. The maximum atomic E-state index is 11.0. The van der Waals surface area contributed by atoms with E-state index in [1.807, 2.05) is 13.8 Å². The number of aryl methyl sites for hydroxylation is 1. The van der Waals surface area contributed by atoms with Crippen LogP contribution >= 0.6 is 34.7 Å². The van der Waals surface area contributed by atoms with Gasteiger partial charge in [-0.25, -0.2) is 9.67 Å². The molecule has 0 aliphatic carbocycles. The van der Waals surface area contributed by atoms with Gasteiger partial charge in [-0.15, -0.1) is 16.4 Å². The lowest BCUT2D eigenvalue weighted by Crippen LogP contribution is -2.55. The summed E-state index contributed by atoms with van der Waals surface area (Å²) < 4.78 is 13.6. The summed E-state index contributed by atoms with van der Waals surface area (Å²) >= 11 is 8.81. The Bertz CT molecular complexity index is 1070. The highest BCUT2D eigenvalue weighted by Crippen LogP contribution is 2.41. The molecule has 4 rings (SSSR count). The molecule has 0 radical (unpaired) electrons. The third kappa shape index (κ3) is 4.76. The third-order valence-corrected chi connectivity index (χ3v) is 7.19. The number of ether oxygens (including phenoxy) is 2. The number of hydrogen-bond donors (Lipinski definition) is 3. The Labute approximate surface area is 197 Å². The SMILES string of the molecule is CCO[C@@H]1C(Sc2cc(Cl)cnc2C)OC(CO)C(O)C1n1cc(-c2csc(N)n2)nn1. The average Bonchev–Trinajstić information content (AvgIpc) is 3.42. The number of rotatable bonds is 7. The molecule has 4 N–H and O–H groups in total. The fourth-order valence-corrected chi connectivity index (χ4v) is 5.53. The van der Waals surface area contributed by atoms with Gasteiger partial charge in [0.15, 0.2) is 5.13 Å². The van der Waals surface area contributed by atoms with Crippen LogP contribution in [0.1, 0.15) is 18.7 Å². The molecule has 4 heterocycles. The number of aliphatic hydroxyl groups is 2. The van der Waals surface area contributed by atoms with E-state index in [0.29, 0.717) is 28.1 Å². The lowest BCUT2D eigenvalue weighted by Gasteiger charge is -2.43. The number of halogens is 1. The van der Waals surface area contributed by atoms with E-state index in [4.69, 9.17) is 26.8 Å². The monoisotopic (exact) mass is 498 g/mol. The minimum atomic E-state index is -1.08. The van der Waals surface area contributed by atoms with Crippen molar-refractivity contribution < 1.29 is 19.7 Å². The van der Waals surface area contributed by atoms with Gasteiger partial charge in [-0.3, -0.25) is 4.98 Å². The van der Waals surface area contributed by atoms with E-state index in [-0.39, 0.29) is 6.61 Å². The number of anilines is 1. The summed E-state index contributed by atoms with van der Waals surface area (Å²) in [5.74, 6) is 0. The zero-order chi connectivity index (χ0) is 22.8. The van der Waals surface area contributed by atoms with E-state index < -0.39 is 29.8 Å². The van der Waals surface area contributed by atoms with Gasteiger partial charge in [0.05, 0.1) is 23.5 Å². The van der Waals surface area contributed by atoms with Crippen molar-refractivity contribution >= 4 is 39.8 Å². The summed E-state index contributed by atoms with van der Waals surface area (Å²) in [7, 11) is 0. The fourth-order valence-electron chi connectivity index (χ4n) is 3.51. The van der Waals surface area contributed by atoms with Crippen molar-refractivity contribution in [3.05, 3.63) is 34.6 Å². The van der Waals surface area contributed by atoms with Gasteiger partial charge in [-0.05, 0) is 19.9 Å². The van der Waals surface area contributed by atoms with Crippen LogP contribution in [0.15, 0.2) is 28.7 Å². The molecule has 10 nitrogen and oxygen atoms in total. The van der Waals surface area contributed by atoms with Crippen LogP contribution in [0.2, 0.25) is 5.02 Å². The highest BCUT2D eigenvalue weighted by Gasteiger charge is 2.48. The molecule has 3 aromatic heterocycles. The summed E-state index contributed by atoms with van der Waals surface area (Å²) in [6, 6.07) is 1.14. The number of aliphatic hydroxyl groups excluding tert-OH is 2. The molecular weight excluding hydrogens is 476 g/mol. The lowest BCUT2D eigenvalue weighted by molar-refractivity contribution is -0.191. The normalized spacial score (nSPS) is 25.8. The second kappa shape index (κ2) is 10.00. The minimum absolute atomic E-state index is 0.371. The Balaban J connectivity index is 1.68. The molecule has 172 valence electrons. The van der Waals surface area contributed by atoms with Crippen molar-refractivity contribution in [2.24, 2.45) is 0 Å². The van der Waals surface area contributed by atoms with Crippen molar-refractivity contribution in [1.29, 1.82) is 0 Å². The molecule has 1 fully saturated rings. The van der Waals surface area contributed by atoms with Gasteiger partial charge in [0.1, 0.15) is 41.2 Å². The maximum Gasteiger partial charge on any atom is 0.180 e. The van der Waals surface area contributed by atoms with E-state index in [2.05, 4.69) is 20.3 Å². The minimum Gasteiger partial charge on any atom is -0.394 e. The second-order valence-corrected chi connectivity index (χ2v) is 9.60. The molecule has 32 heavy (non-hydrogen) atoms. The molecule has 0 amide bonds. The van der Waals surface area contributed by atoms with Gasteiger partial charge >= 0.3 is 0 Å². The number of nitrogens with two attached hydrogens (primary N) is 1. The largest absolute Gasteiger partial charge is 0.394 e. The molecule has 0 saturated carbocycles. The number of nitrogen functional groups attached to an aromatic ring is 1. The van der Waals surface area contributed by atoms with Crippen LogP contribution in [0.25, 0.3) is 11.4 Å². The van der Waals surface area contributed by atoms with E-state index in [1.54, 1.807) is 23.8 Å². The molecular formula is C19H23ClN6O4S2. The zero-order valence-electron chi connectivity index (χ0n) is 17.3. The number of pyridine rings is 1. The Morgan fingerprint density at radius 1 is 1.41 bits per heavy atom. The summed E-state index contributed by atoms with van der Waals surface area (Å²) in [6.45, 7) is 3.75. The fraction of sp³-hybridized carbons (Fsp3) is 0.474. The zero-order valence-corrected chi connectivity index (χ0v) is 19.7. The second-order valence-electron chi connectivity index (χ2n) is 7.14. The number of aromatic nitrogens is 5. The van der Waals surface area contributed by atoms with Gasteiger partial charge < -0.3 is 25.4 Å². The predicted molar refractivity (Wildman–Crippen MR) is 122 cm³/mol. The van der Waals surface area contributed by atoms with Crippen molar-refractivity contribution in [3.8, 4) is 11.4 Å². The van der Waals surface area contributed by atoms with Crippen molar-refractivity contribution in [2.45, 2.75) is 48.5 Å². The molecule has 13 heteroatoms. The number of thiazole rings is 1. The first-order valence-corrected chi connectivity index (χ1v) is 12.0. The molecule has 5 atom stereocenters. The molecule has 1 aliphatic heterocycles. The van der Waals surface area contributed by atoms with E-state index in [1.165, 1.54) is 27.8 Å². The summed E-state index contributed by atoms with van der Waals surface area (Å²) in [5.41, 5.74) is 7.06. The van der Waals surface area contributed by atoms with Crippen molar-refractivity contribution in [1.82, 2.24) is 25.0 Å². The van der Waals surface area contributed by atoms with E-state index in [0.717, 1.165) is 10.6 Å². The number of thioether (sulfide) groups is 1. The van der Waals surface area contributed by atoms with Gasteiger partial charge in [-0.2, -0.15) is 0 Å². The van der Waals surface area contributed by atoms with Crippen molar-refractivity contribution in [2.75, 3.05) is 18.9 Å². The highest BCUT2D eigenvalue weighted by atomic mass is 35.5. The first-order chi connectivity index (χ1) is 15.4. The van der Waals surface area contributed by atoms with Crippen molar-refractivity contribution in [3.63, 3.8) is 0 Å². The molecule has 0 spiro atoms. The number of nitrogens with zero attached hydrogens (tertiary/aromatic N) is 5. The lowest BCUT2D eigenvalue weighted by atomic mass is 9.97. The average molecular weight is 499 g/mol. The topological polar surface area (TPSA) is 141 Å². The highest BCUT2D eigenvalue weighted by molar-refractivity contribution is 7.99. The van der Waals surface area contributed by atoms with Crippen LogP contribution in [0.5, 0.6) is 0 Å². The molecule has 1 saturated heterocycles. The standard InChI is InChI=1S/C19H23ClN6O4S2/c1-3-29-17-15(26-6-11(24-25-26)12-8-31-19(21)23-12)16(28)13(7-27)30-18(17)32-14-4-10(20)5-22-9(14)2/h4-6,8,13,15-18,27-28H,3,7H2,1-2H3,(H2,21,23)/t13?,15?,16?,17-,18?/m0/s1. The molecule has 4 unspecified atom stereocenters. The van der Waals surface area contributed by atoms with Crippen LogP contribution < -0.4 is 5.73 Å². The summed E-state index contributed by atoms with van der Waals surface area (Å²) in [4.78, 5) is 9.34. The quantitative estimate of drug-likeness (QED) is 0.443. The molecule has 0 bridgehead atoms. The van der Waals surface area contributed by atoms with Crippen LogP contribution in [-0.2, 0) is 9.47 Å². The van der Waals surface area contributed by atoms with Crippen LogP contribution in [0, 0.1) is 6.92 Å².